The molecular weight excluding hydrogens is 328 g/mol. The average Bonchev–Trinajstić information content (AvgIpc) is 3.04. The molecule has 1 aromatic heterocycles. The maximum absolute atomic E-state index is 12.5. The van der Waals surface area contributed by atoms with Crippen molar-refractivity contribution in [3.63, 3.8) is 0 Å². The molecule has 128 valence electrons. The summed E-state index contributed by atoms with van der Waals surface area (Å²) in [4.78, 5) is 14.3. The van der Waals surface area contributed by atoms with Crippen LogP contribution in [0.1, 0.15) is 30.3 Å². The molecule has 1 aliphatic heterocycles. The molecule has 0 radical (unpaired) electrons. The highest BCUT2D eigenvalue weighted by molar-refractivity contribution is 7.89. The Morgan fingerprint density at radius 3 is 2.33 bits per heavy atom. The largest absolute Gasteiger partial charge is 0.451 e. The van der Waals surface area contributed by atoms with Crippen molar-refractivity contribution in [2.75, 3.05) is 13.1 Å². The van der Waals surface area contributed by atoms with Crippen LogP contribution in [0.3, 0.4) is 0 Å². The van der Waals surface area contributed by atoms with Crippen molar-refractivity contribution in [2.24, 2.45) is 11.1 Å². The van der Waals surface area contributed by atoms with Crippen LogP contribution in [0.15, 0.2) is 45.7 Å². The second-order valence-corrected chi connectivity index (χ2v) is 7.77. The maximum Gasteiger partial charge on any atom is 0.289 e. The van der Waals surface area contributed by atoms with E-state index in [4.69, 9.17) is 9.56 Å². The van der Waals surface area contributed by atoms with E-state index in [1.54, 1.807) is 24.3 Å². The second-order valence-electron chi connectivity index (χ2n) is 6.21. The number of nitrogens with zero attached hydrogens (tertiary/aromatic N) is 1. The minimum absolute atomic E-state index is 0.0385. The van der Waals surface area contributed by atoms with E-state index >= 15 is 0 Å². The third-order valence-corrected chi connectivity index (χ3v) is 5.28. The molecule has 1 aliphatic rings. The van der Waals surface area contributed by atoms with Gasteiger partial charge in [-0.15, -0.1) is 0 Å². The van der Waals surface area contributed by atoms with Crippen molar-refractivity contribution in [1.29, 1.82) is 0 Å². The van der Waals surface area contributed by atoms with E-state index in [9.17, 15) is 13.2 Å². The van der Waals surface area contributed by atoms with Crippen LogP contribution < -0.4 is 5.14 Å². The van der Waals surface area contributed by atoms with Crippen molar-refractivity contribution in [1.82, 2.24) is 4.90 Å². The van der Waals surface area contributed by atoms with Crippen LogP contribution in [0.4, 0.5) is 0 Å². The first-order valence-corrected chi connectivity index (χ1v) is 9.41. The first kappa shape index (κ1) is 16.7. The third-order valence-electron chi connectivity index (χ3n) is 4.35. The summed E-state index contributed by atoms with van der Waals surface area (Å²) in [6.45, 7) is 3.69. The predicted octanol–water partition coefficient (Wildman–Crippen LogP) is 2.47. The summed E-state index contributed by atoms with van der Waals surface area (Å²) in [6.07, 6.45) is 2.02. The lowest BCUT2D eigenvalue weighted by atomic mass is 9.99. The monoisotopic (exact) mass is 348 g/mol. The normalized spacial score (nSPS) is 16.3. The van der Waals surface area contributed by atoms with Gasteiger partial charge in [-0.25, -0.2) is 13.6 Å². The fourth-order valence-corrected chi connectivity index (χ4v) is 3.30. The van der Waals surface area contributed by atoms with E-state index in [1.165, 1.54) is 12.1 Å². The van der Waals surface area contributed by atoms with Gasteiger partial charge in [-0.05, 0) is 55.2 Å². The summed E-state index contributed by atoms with van der Waals surface area (Å²) in [6, 6.07) is 9.42. The number of amides is 1. The Balaban J connectivity index is 1.77. The molecule has 1 saturated heterocycles. The Kier molecular flexibility index (Phi) is 4.47. The Hall–Kier alpha value is -2.12. The standard InChI is InChI=1S/C17H20N2O4S/c1-12-8-10-19(11-9-12)17(20)16-7-6-15(23-16)13-2-4-14(5-3-13)24(18,21)22/h2-7,12H,8-11H2,1H3,(H2,18,21,22). The van der Waals surface area contributed by atoms with Gasteiger partial charge in [0.15, 0.2) is 5.76 Å². The molecule has 0 unspecified atom stereocenters. The number of rotatable bonds is 3. The van der Waals surface area contributed by atoms with Gasteiger partial charge in [-0.3, -0.25) is 4.79 Å². The molecule has 1 amide bonds. The zero-order valence-electron chi connectivity index (χ0n) is 13.4. The molecule has 0 spiro atoms. The predicted molar refractivity (Wildman–Crippen MR) is 89.8 cm³/mol. The molecule has 2 heterocycles. The first-order valence-electron chi connectivity index (χ1n) is 7.87. The van der Waals surface area contributed by atoms with Gasteiger partial charge in [0.2, 0.25) is 10.0 Å². The summed E-state index contributed by atoms with van der Waals surface area (Å²) >= 11 is 0. The van der Waals surface area contributed by atoms with Crippen LogP contribution in [0.25, 0.3) is 11.3 Å². The van der Waals surface area contributed by atoms with Gasteiger partial charge < -0.3 is 9.32 Å². The van der Waals surface area contributed by atoms with Crippen molar-refractivity contribution in [3.8, 4) is 11.3 Å². The lowest BCUT2D eigenvalue weighted by molar-refractivity contribution is 0.0666. The first-order chi connectivity index (χ1) is 11.3. The minimum Gasteiger partial charge on any atom is -0.451 e. The summed E-state index contributed by atoms with van der Waals surface area (Å²) < 4.78 is 28.2. The van der Waals surface area contributed by atoms with Crippen LogP contribution in [0.5, 0.6) is 0 Å². The number of primary sulfonamides is 1. The van der Waals surface area contributed by atoms with Crippen molar-refractivity contribution in [2.45, 2.75) is 24.7 Å². The molecule has 2 aromatic rings. The van der Waals surface area contributed by atoms with E-state index in [2.05, 4.69) is 6.92 Å². The molecule has 24 heavy (non-hydrogen) atoms. The highest BCUT2D eigenvalue weighted by Crippen LogP contribution is 2.25. The minimum atomic E-state index is -3.72. The smallest absolute Gasteiger partial charge is 0.289 e. The van der Waals surface area contributed by atoms with Gasteiger partial charge in [0.1, 0.15) is 5.76 Å². The van der Waals surface area contributed by atoms with Crippen LogP contribution in [-0.4, -0.2) is 32.3 Å². The zero-order valence-corrected chi connectivity index (χ0v) is 14.3. The van der Waals surface area contributed by atoms with Crippen molar-refractivity contribution in [3.05, 3.63) is 42.2 Å². The molecule has 3 rings (SSSR count). The van der Waals surface area contributed by atoms with Gasteiger partial charge in [0.25, 0.3) is 5.91 Å². The molecule has 0 aliphatic carbocycles. The maximum atomic E-state index is 12.5. The topological polar surface area (TPSA) is 93.6 Å². The Labute approximate surface area is 141 Å². The molecule has 0 atom stereocenters. The molecule has 2 N–H and O–H groups in total. The molecule has 0 bridgehead atoms. The van der Waals surface area contributed by atoms with E-state index in [0.29, 0.717) is 23.0 Å². The number of hydrogen-bond donors (Lipinski definition) is 1. The summed E-state index contributed by atoms with van der Waals surface area (Å²) in [5.74, 6) is 1.37. The van der Waals surface area contributed by atoms with Gasteiger partial charge >= 0.3 is 0 Å². The molecule has 1 aromatic carbocycles. The third kappa shape index (κ3) is 3.52. The van der Waals surface area contributed by atoms with Crippen LogP contribution >= 0.6 is 0 Å². The number of hydrogen-bond acceptors (Lipinski definition) is 4. The van der Waals surface area contributed by atoms with Crippen LogP contribution in [0.2, 0.25) is 0 Å². The van der Waals surface area contributed by atoms with Gasteiger partial charge in [-0.1, -0.05) is 6.92 Å². The molecule has 6 nitrogen and oxygen atoms in total. The number of nitrogens with two attached hydrogens (primary N) is 1. The van der Waals surface area contributed by atoms with E-state index in [0.717, 1.165) is 25.9 Å². The van der Waals surface area contributed by atoms with E-state index in [1.807, 2.05) is 4.90 Å². The summed E-state index contributed by atoms with van der Waals surface area (Å²) in [5, 5.41) is 5.08. The van der Waals surface area contributed by atoms with E-state index in [-0.39, 0.29) is 10.8 Å². The summed E-state index contributed by atoms with van der Waals surface area (Å²) in [5.41, 5.74) is 0.689. The fourth-order valence-electron chi connectivity index (χ4n) is 2.78. The number of likely N-dealkylation sites (tertiary alicyclic amines) is 1. The quantitative estimate of drug-likeness (QED) is 0.922. The van der Waals surface area contributed by atoms with Crippen molar-refractivity contribution < 1.29 is 17.6 Å². The fraction of sp³-hybridized carbons (Fsp3) is 0.353. The van der Waals surface area contributed by atoms with Gasteiger partial charge in [0.05, 0.1) is 4.90 Å². The highest BCUT2D eigenvalue weighted by atomic mass is 32.2. The lowest BCUT2D eigenvalue weighted by Crippen LogP contribution is -2.37. The Morgan fingerprint density at radius 1 is 1.12 bits per heavy atom. The molecule has 0 saturated carbocycles. The molecule has 1 fully saturated rings. The zero-order chi connectivity index (χ0) is 17.3. The van der Waals surface area contributed by atoms with Gasteiger partial charge in [-0.2, -0.15) is 0 Å². The number of piperidine rings is 1. The number of carbonyl (C=O) groups is 1. The lowest BCUT2D eigenvalue weighted by Gasteiger charge is -2.29. The number of furan rings is 1. The SMILES string of the molecule is CC1CCN(C(=O)c2ccc(-c3ccc(S(N)(=O)=O)cc3)o2)CC1. The van der Waals surface area contributed by atoms with Crippen LogP contribution in [-0.2, 0) is 10.0 Å². The van der Waals surface area contributed by atoms with Crippen molar-refractivity contribution >= 4 is 15.9 Å². The average molecular weight is 348 g/mol. The van der Waals surface area contributed by atoms with Gasteiger partial charge in [0, 0.05) is 18.7 Å². The van der Waals surface area contributed by atoms with E-state index < -0.39 is 10.0 Å². The number of benzene rings is 1. The Bertz CT molecular complexity index is 832. The second kappa shape index (κ2) is 6.41. The number of sulfonamides is 1. The number of carbonyl (C=O) groups excluding carboxylic acids is 1. The molecule has 7 heteroatoms. The van der Waals surface area contributed by atoms with Crippen LogP contribution in [0, 0.1) is 5.92 Å². The molecular formula is C17H20N2O4S. The highest BCUT2D eigenvalue weighted by Gasteiger charge is 2.23. The summed E-state index contributed by atoms with van der Waals surface area (Å²) in [7, 11) is -3.72. The Morgan fingerprint density at radius 2 is 1.75 bits per heavy atom.